The summed E-state index contributed by atoms with van der Waals surface area (Å²) < 4.78 is 22.8. The molecule has 0 saturated carbocycles. The first-order valence-electron chi connectivity index (χ1n) is 6.33. The van der Waals surface area contributed by atoms with Gasteiger partial charge in [0.05, 0.1) is 4.90 Å². The third kappa shape index (κ3) is 6.34. The van der Waals surface area contributed by atoms with E-state index < -0.39 is 9.84 Å². The Bertz CT molecular complexity index is 557. The summed E-state index contributed by atoms with van der Waals surface area (Å²) >= 11 is 0. The molecule has 1 aromatic carbocycles. The van der Waals surface area contributed by atoms with E-state index in [1.807, 2.05) is 18.2 Å². The fourth-order valence-electron chi connectivity index (χ4n) is 1.71. The molecule has 0 N–H and O–H groups in total. The van der Waals surface area contributed by atoms with Crippen LogP contribution in [-0.4, -0.2) is 20.5 Å². The number of hydrogen-bond donors (Lipinski definition) is 0. The van der Waals surface area contributed by atoms with Gasteiger partial charge in [0.1, 0.15) is 5.78 Å². The topological polar surface area (TPSA) is 51.2 Å². The van der Waals surface area contributed by atoms with Crippen LogP contribution in [0.15, 0.2) is 41.3 Å². The molecule has 0 atom stereocenters. The molecule has 0 aromatic heterocycles. The number of rotatable bonds is 7. The number of carbonyl (C=O) groups is 1. The lowest BCUT2D eigenvalue weighted by Gasteiger charge is -2.01. The van der Waals surface area contributed by atoms with E-state index in [2.05, 4.69) is 0 Å². The summed E-state index contributed by atoms with van der Waals surface area (Å²) in [7, 11) is -3.14. The smallest absolute Gasteiger partial charge is 0.175 e. The maximum Gasteiger partial charge on any atom is 0.175 e. The van der Waals surface area contributed by atoms with Gasteiger partial charge in [-0.25, -0.2) is 8.42 Å². The number of Topliss-reactive ketones (excluding diaryl/α,β-unsaturated/α-hetero) is 1. The molecule has 0 amide bonds. The van der Waals surface area contributed by atoms with Gasteiger partial charge in [-0.2, -0.15) is 0 Å². The highest BCUT2D eigenvalue weighted by atomic mass is 32.2. The highest BCUT2D eigenvalue weighted by molar-refractivity contribution is 7.90. The Kier molecular flexibility index (Phi) is 5.96. The van der Waals surface area contributed by atoms with E-state index in [9.17, 15) is 13.2 Å². The number of ketones is 1. The van der Waals surface area contributed by atoms with Crippen molar-refractivity contribution < 1.29 is 13.2 Å². The molecule has 0 heterocycles. The molecule has 0 fully saturated rings. The van der Waals surface area contributed by atoms with Crippen LogP contribution in [0.2, 0.25) is 0 Å². The molecule has 0 saturated heterocycles. The second-order valence-electron chi connectivity index (χ2n) is 4.69. The van der Waals surface area contributed by atoms with Gasteiger partial charge >= 0.3 is 0 Å². The van der Waals surface area contributed by atoms with Crippen molar-refractivity contribution in [1.29, 1.82) is 0 Å². The fourth-order valence-corrected chi connectivity index (χ4v) is 2.40. The van der Waals surface area contributed by atoms with Gasteiger partial charge in [0, 0.05) is 12.7 Å². The van der Waals surface area contributed by atoms with E-state index in [0.29, 0.717) is 17.7 Å². The summed E-state index contributed by atoms with van der Waals surface area (Å²) in [5.41, 5.74) is 0.978. The first-order valence-corrected chi connectivity index (χ1v) is 8.22. The molecule has 0 bridgehead atoms. The van der Waals surface area contributed by atoms with E-state index in [0.717, 1.165) is 18.4 Å². The molecule has 0 spiro atoms. The largest absolute Gasteiger partial charge is 0.300 e. The number of allylic oxidation sites excluding steroid dienone is 2. The summed E-state index contributed by atoms with van der Waals surface area (Å²) in [6, 6.07) is 6.98. The van der Waals surface area contributed by atoms with Crippen LogP contribution < -0.4 is 0 Å². The van der Waals surface area contributed by atoms with Crippen molar-refractivity contribution in [3.63, 3.8) is 0 Å². The van der Waals surface area contributed by atoms with Crippen LogP contribution in [0.5, 0.6) is 0 Å². The van der Waals surface area contributed by atoms with Crippen LogP contribution >= 0.6 is 0 Å². The lowest BCUT2D eigenvalue weighted by molar-refractivity contribution is -0.117. The summed E-state index contributed by atoms with van der Waals surface area (Å²) in [4.78, 5) is 11.1. The van der Waals surface area contributed by atoms with E-state index in [4.69, 9.17) is 0 Å². The van der Waals surface area contributed by atoms with Crippen LogP contribution in [0, 0.1) is 0 Å². The molecule has 104 valence electrons. The zero-order valence-electron chi connectivity index (χ0n) is 11.4. The van der Waals surface area contributed by atoms with Crippen molar-refractivity contribution >= 4 is 15.6 Å². The Morgan fingerprint density at radius 1 is 1.26 bits per heavy atom. The highest BCUT2D eigenvalue weighted by Crippen LogP contribution is 2.12. The second-order valence-corrected chi connectivity index (χ2v) is 6.71. The fraction of sp³-hybridized carbons (Fsp3) is 0.400. The van der Waals surface area contributed by atoms with Gasteiger partial charge < -0.3 is 4.79 Å². The number of benzene rings is 1. The molecule has 0 unspecified atom stereocenters. The number of hydrogen-bond acceptors (Lipinski definition) is 3. The van der Waals surface area contributed by atoms with Gasteiger partial charge in [-0.05, 0) is 43.9 Å². The molecular formula is C15H20O3S. The number of sulfone groups is 1. The Balaban J connectivity index is 2.50. The molecule has 3 nitrogen and oxygen atoms in total. The van der Waals surface area contributed by atoms with Crippen molar-refractivity contribution in [2.45, 2.75) is 37.5 Å². The molecule has 1 aromatic rings. The molecule has 1 rings (SSSR count). The maximum atomic E-state index is 11.4. The van der Waals surface area contributed by atoms with E-state index in [-0.39, 0.29) is 5.78 Å². The van der Waals surface area contributed by atoms with Crippen molar-refractivity contribution in [2.75, 3.05) is 6.26 Å². The minimum atomic E-state index is -3.14. The van der Waals surface area contributed by atoms with Gasteiger partial charge in [-0.1, -0.05) is 24.3 Å². The lowest BCUT2D eigenvalue weighted by Crippen LogP contribution is -1.97. The summed E-state index contributed by atoms with van der Waals surface area (Å²) in [6.45, 7) is 1.60. The maximum absolute atomic E-state index is 11.4. The predicted molar refractivity (Wildman–Crippen MR) is 76.9 cm³/mol. The Morgan fingerprint density at radius 2 is 2.00 bits per heavy atom. The molecule has 0 aliphatic carbocycles. The predicted octanol–water partition coefficient (Wildman–Crippen LogP) is 2.95. The second kappa shape index (κ2) is 7.24. The minimum Gasteiger partial charge on any atom is -0.300 e. The van der Waals surface area contributed by atoms with Crippen LogP contribution in [0.25, 0.3) is 0 Å². The summed E-state index contributed by atoms with van der Waals surface area (Å²) in [5, 5.41) is 0. The van der Waals surface area contributed by atoms with Crippen molar-refractivity contribution in [2.24, 2.45) is 0 Å². The molecule has 4 heteroatoms. The van der Waals surface area contributed by atoms with Crippen LogP contribution in [0.3, 0.4) is 0 Å². The van der Waals surface area contributed by atoms with E-state index >= 15 is 0 Å². The number of unbranched alkanes of at least 4 members (excludes halogenated alkanes) is 1. The van der Waals surface area contributed by atoms with Crippen molar-refractivity contribution in [3.05, 3.63) is 42.0 Å². The Hall–Kier alpha value is -1.42. The van der Waals surface area contributed by atoms with Gasteiger partial charge in [0.15, 0.2) is 9.84 Å². The van der Waals surface area contributed by atoms with E-state index in [1.165, 1.54) is 6.26 Å². The van der Waals surface area contributed by atoms with Crippen LogP contribution in [-0.2, 0) is 21.1 Å². The SMILES string of the molecule is CC(=O)CCC/C=C/Cc1cccc(S(C)(=O)=O)c1. The third-order valence-corrected chi connectivity index (χ3v) is 3.86. The normalized spacial score (nSPS) is 11.9. The molecule has 0 aliphatic heterocycles. The third-order valence-electron chi connectivity index (χ3n) is 2.75. The Labute approximate surface area is 115 Å². The first-order chi connectivity index (χ1) is 8.89. The molecule has 0 radical (unpaired) electrons. The number of carbonyl (C=O) groups excluding carboxylic acids is 1. The van der Waals surface area contributed by atoms with Gasteiger partial charge in [-0.15, -0.1) is 0 Å². The average Bonchev–Trinajstić information content (AvgIpc) is 2.32. The monoisotopic (exact) mass is 280 g/mol. The summed E-state index contributed by atoms with van der Waals surface area (Å²) in [6.07, 6.45) is 8.35. The molecule has 19 heavy (non-hydrogen) atoms. The average molecular weight is 280 g/mol. The van der Waals surface area contributed by atoms with Crippen molar-refractivity contribution in [1.82, 2.24) is 0 Å². The standard InChI is InChI=1S/C15H20O3S/c1-13(16)8-5-3-4-6-9-14-10-7-11-15(12-14)19(2,17)18/h4,6-7,10-12H,3,5,8-9H2,1-2H3/b6-4+. The first kappa shape index (κ1) is 15.6. The van der Waals surface area contributed by atoms with Gasteiger partial charge in [-0.3, -0.25) is 0 Å². The minimum absolute atomic E-state index is 0.217. The lowest BCUT2D eigenvalue weighted by atomic mass is 10.1. The molecular weight excluding hydrogens is 260 g/mol. The quantitative estimate of drug-likeness (QED) is 0.570. The van der Waals surface area contributed by atoms with Gasteiger partial charge in [0.2, 0.25) is 0 Å². The van der Waals surface area contributed by atoms with Crippen LogP contribution in [0.4, 0.5) is 0 Å². The van der Waals surface area contributed by atoms with E-state index in [1.54, 1.807) is 25.1 Å². The van der Waals surface area contributed by atoms with Crippen LogP contribution in [0.1, 0.15) is 31.7 Å². The zero-order chi connectivity index (χ0) is 14.3. The Morgan fingerprint density at radius 3 is 2.63 bits per heavy atom. The van der Waals surface area contributed by atoms with Crippen molar-refractivity contribution in [3.8, 4) is 0 Å². The summed E-state index contributed by atoms with van der Waals surface area (Å²) in [5.74, 6) is 0.217. The van der Waals surface area contributed by atoms with Gasteiger partial charge in [0.25, 0.3) is 0 Å². The molecule has 0 aliphatic rings. The zero-order valence-corrected chi connectivity index (χ0v) is 12.2. The highest BCUT2D eigenvalue weighted by Gasteiger charge is 2.06.